The molecule has 3 aromatic carbocycles. The van der Waals surface area contributed by atoms with E-state index in [-0.39, 0.29) is 5.43 Å². The van der Waals surface area contributed by atoms with Gasteiger partial charge in [-0.3, -0.25) is 4.79 Å². The summed E-state index contributed by atoms with van der Waals surface area (Å²) in [5.41, 5.74) is 5.26. The van der Waals surface area contributed by atoms with Gasteiger partial charge in [0, 0.05) is 16.5 Å². The second-order valence-electron chi connectivity index (χ2n) is 6.04. The summed E-state index contributed by atoms with van der Waals surface area (Å²) in [4.78, 5) is 13.0. The lowest BCUT2D eigenvalue weighted by molar-refractivity contribution is 1.16. The van der Waals surface area contributed by atoms with Gasteiger partial charge in [0.1, 0.15) is 0 Å². The maximum absolute atomic E-state index is 13.0. The zero-order valence-corrected chi connectivity index (χ0v) is 13.2. The van der Waals surface area contributed by atoms with Crippen molar-refractivity contribution < 1.29 is 0 Å². The van der Waals surface area contributed by atoms with Crippen LogP contribution in [0.15, 0.2) is 71.5 Å². The van der Waals surface area contributed by atoms with Crippen molar-refractivity contribution in [2.45, 2.75) is 13.8 Å². The first-order valence-electron chi connectivity index (χ1n) is 7.76. The predicted octanol–water partition coefficient (Wildman–Crippen LogP) is 4.76. The molecule has 0 bridgehead atoms. The van der Waals surface area contributed by atoms with E-state index in [1.54, 1.807) is 0 Å². The molecule has 0 aliphatic rings. The van der Waals surface area contributed by atoms with E-state index >= 15 is 0 Å². The van der Waals surface area contributed by atoms with Crippen molar-refractivity contribution >= 4 is 21.8 Å². The SMILES string of the molecule is Cc1ccc2c(c1)c(=O)c1cc(C)ccc1n2-c1ccccc1. The molecule has 0 radical (unpaired) electrons. The Kier molecular flexibility index (Phi) is 3.05. The average molecular weight is 299 g/mol. The zero-order valence-electron chi connectivity index (χ0n) is 13.2. The summed E-state index contributed by atoms with van der Waals surface area (Å²) in [6.45, 7) is 4.04. The van der Waals surface area contributed by atoms with Crippen LogP contribution in [0.1, 0.15) is 11.1 Å². The molecule has 4 aromatic rings. The van der Waals surface area contributed by atoms with Gasteiger partial charge in [-0.2, -0.15) is 0 Å². The molecule has 0 atom stereocenters. The van der Waals surface area contributed by atoms with Gasteiger partial charge in [-0.25, -0.2) is 0 Å². The first-order chi connectivity index (χ1) is 11.1. The molecule has 112 valence electrons. The molecule has 0 aliphatic carbocycles. The van der Waals surface area contributed by atoms with Crippen LogP contribution < -0.4 is 5.43 Å². The summed E-state index contributed by atoms with van der Waals surface area (Å²) in [5, 5.41) is 1.54. The topological polar surface area (TPSA) is 22.0 Å². The van der Waals surface area contributed by atoms with Crippen molar-refractivity contribution in [3.63, 3.8) is 0 Å². The Balaban J connectivity index is 2.30. The van der Waals surface area contributed by atoms with Gasteiger partial charge in [-0.1, -0.05) is 41.5 Å². The second-order valence-corrected chi connectivity index (χ2v) is 6.04. The quantitative estimate of drug-likeness (QED) is 0.464. The largest absolute Gasteiger partial charge is 0.309 e. The van der Waals surface area contributed by atoms with Gasteiger partial charge >= 0.3 is 0 Å². The normalized spacial score (nSPS) is 11.2. The maximum Gasteiger partial charge on any atom is 0.197 e. The van der Waals surface area contributed by atoms with Crippen molar-refractivity contribution in [3.8, 4) is 5.69 Å². The number of para-hydroxylation sites is 1. The number of benzene rings is 3. The molecule has 2 nitrogen and oxygen atoms in total. The highest BCUT2D eigenvalue weighted by atomic mass is 16.1. The molecule has 0 unspecified atom stereocenters. The summed E-state index contributed by atoms with van der Waals surface area (Å²) in [6, 6.07) is 22.4. The van der Waals surface area contributed by atoms with Crippen LogP contribution in [0.25, 0.3) is 27.5 Å². The third kappa shape index (κ3) is 2.15. The van der Waals surface area contributed by atoms with Crippen LogP contribution >= 0.6 is 0 Å². The highest BCUT2D eigenvalue weighted by Gasteiger charge is 2.12. The molecule has 0 amide bonds. The fourth-order valence-corrected chi connectivity index (χ4v) is 3.18. The summed E-state index contributed by atoms with van der Waals surface area (Å²) < 4.78 is 2.17. The van der Waals surface area contributed by atoms with Crippen LogP contribution in [0.5, 0.6) is 0 Å². The number of fused-ring (bicyclic) bond motifs is 2. The number of rotatable bonds is 1. The van der Waals surface area contributed by atoms with Gasteiger partial charge in [-0.05, 0) is 50.2 Å². The van der Waals surface area contributed by atoms with Gasteiger partial charge in [0.15, 0.2) is 5.43 Å². The number of hydrogen-bond acceptors (Lipinski definition) is 1. The van der Waals surface area contributed by atoms with Crippen LogP contribution in [0.2, 0.25) is 0 Å². The maximum atomic E-state index is 13.0. The molecule has 4 rings (SSSR count). The van der Waals surface area contributed by atoms with Gasteiger partial charge in [0.2, 0.25) is 0 Å². The van der Waals surface area contributed by atoms with E-state index in [1.165, 1.54) is 0 Å². The highest BCUT2D eigenvalue weighted by molar-refractivity contribution is 5.95. The van der Waals surface area contributed by atoms with Crippen LogP contribution in [-0.4, -0.2) is 4.57 Å². The van der Waals surface area contributed by atoms with Crippen molar-refractivity contribution in [1.29, 1.82) is 0 Å². The molecule has 0 spiro atoms. The third-order valence-electron chi connectivity index (χ3n) is 4.29. The first kappa shape index (κ1) is 13.8. The fourth-order valence-electron chi connectivity index (χ4n) is 3.18. The molecule has 0 N–H and O–H groups in total. The van der Waals surface area contributed by atoms with Crippen molar-refractivity contribution in [3.05, 3.63) is 88.1 Å². The monoisotopic (exact) mass is 299 g/mol. The minimum Gasteiger partial charge on any atom is -0.309 e. The summed E-state index contributed by atoms with van der Waals surface area (Å²) in [6.07, 6.45) is 0. The lowest BCUT2D eigenvalue weighted by Crippen LogP contribution is -2.10. The van der Waals surface area contributed by atoms with Gasteiger partial charge in [0.05, 0.1) is 11.0 Å². The smallest absolute Gasteiger partial charge is 0.197 e. The van der Waals surface area contributed by atoms with Crippen LogP contribution in [0, 0.1) is 13.8 Å². The molecule has 0 aliphatic heterocycles. The minimum absolute atomic E-state index is 0.106. The van der Waals surface area contributed by atoms with E-state index in [1.807, 2.05) is 56.3 Å². The Hall–Kier alpha value is -2.87. The molecule has 23 heavy (non-hydrogen) atoms. The lowest BCUT2D eigenvalue weighted by atomic mass is 10.0. The van der Waals surface area contributed by atoms with E-state index in [4.69, 9.17) is 0 Å². The standard InChI is InChI=1S/C21H17NO/c1-14-8-10-19-17(12-14)21(23)18-13-15(2)9-11-20(18)22(19)16-6-4-3-5-7-16/h3-13H,1-2H3. The third-order valence-corrected chi connectivity index (χ3v) is 4.29. The fraction of sp³-hybridized carbons (Fsp3) is 0.0952. The van der Waals surface area contributed by atoms with Crippen molar-refractivity contribution in [2.24, 2.45) is 0 Å². The number of pyridine rings is 1. The Morgan fingerprint density at radius 3 is 1.74 bits per heavy atom. The molecule has 1 heterocycles. The highest BCUT2D eigenvalue weighted by Crippen LogP contribution is 2.25. The van der Waals surface area contributed by atoms with Crippen molar-refractivity contribution in [2.75, 3.05) is 0 Å². The molecular weight excluding hydrogens is 282 g/mol. The second kappa shape index (κ2) is 5.10. The zero-order chi connectivity index (χ0) is 16.0. The lowest BCUT2D eigenvalue weighted by Gasteiger charge is -2.16. The average Bonchev–Trinajstić information content (AvgIpc) is 2.57. The van der Waals surface area contributed by atoms with Gasteiger partial charge < -0.3 is 4.57 Å². The van der Waals surface area contributed by atoms with Crippen LogP contribution in [0.4, 0.5) is 0 Å². The summed E-state index contributed by atoms with van der Waals surface area (Å²) >= 11 is 0. The number of nitrogens with zero attached hydrogens (tertiary/aromatic N) is 1. The Bertz CT molecular complexity index is 1030. The van der Waals surface area contributed by atoms with Gasteiger partial charge in [-0.15, -0.1) is 0 Å². The predicted molar refractivity (Wildman–Crippen MR) is 96.5 cm³/mol. The molecule has 0 saturated heterocycles. The Morgan fingerprint density at radius 2 is 1.22 bits per heavy atom. The molecule has 1 aromatic heterocycles. The molecule has 0 fully saturated rings. The van der Waals surface area contributed by atoms with E-state index in [9.17, 15) is 4.79 Å². The van der Waals surface area contributed by atoms with Crippen LogP contribution in [-0.2, 0) is 0 Å². The van der Waals surface area contributed by atoms with Crippen LogP contribution in [0.3, 0.4) is 0 Å². The number of aryl methyl sites for hydroxylation is 2. The summed E-state index contributed by atoms with van der Waals surface area (Å²) in [7, 11) is 0. The Morgan fingerprint density at radius 1 is 0.696 bits per heavy atom. The molecule has 0 saturated carbocycles. The minimum atomic E-state index is 0.106. The molecule has 2 heteroatoms. The van der Waals surface area contributed by atoms with E-state index in [0.717, 1.165) is 38.6 Å². The van der Waals surface area contributed by atoms with E-state index in [0.29, 0.717) is 0 Å². The first-order valence-corrected chi connectivity index (χ1v) is 7.76. The number of hydrogen-bond donors (Lipinski definition) is 0. The van der Waals surface area contributed by atoms with E-state index in [2.05, 4.69) is 28.8 Å². The van der Waals surface area contributed by atoms with Gasteiger partial charge in [0.25, 0.3) is 0 Å². The molecular formula is C21H17NO. The summed E-state index contributed by atoms with van der Waals surface area (Å²) in [5.74, 6) is 0. The van der Waals surface area contributed by atoms with E-state index < -0.39 is 0 Å². The number of aromatic nitrogens is 1. The van der Waals surface area contributed by atoms with Crippen molar-refractivity contribution in [1.82, 2.24) is 4.57 Å². The Labute approximate surface area is 134 Å².